The molecular weight excluding hydrogens is 311 g/mol. The maximum Gasteiger partial charge on any atom is 0.307 e. The number of carbonyl (C=O) groups is 1. The van der Waals surface area contributed by atoms with E-state index in [0.29, 0.717) is 0 Å². The summed E-state index contributed by atoms with van der Waals surface area (Å²) < 4.78 is 21.1. The van der Waals surface area contributed by atoms with Gasteiger partial charge < -0.3 is 4.74 Å². The Morgan fingerprint density at radius 2 is 1.87 bits per heavy atom. The van der Waals surface area contributed by atoms with Gasteiger partial charge in [0.05, 0.1) is 6.42 Å². The predicted octanol–water partition coefficient (Wildman–Crippen LogP) is 5.97. The summed E-state index contributed by atoms with van der Waals surface area (Å²) >= 11 is 1.59. The maximum absolute atomic E-state index is 14.7. The highest BCUT2D eigenvalue weighted by molar-refractivity contribution is 7.17. The first-order valence-electron chi connectivity index (χ1n) is 7.64. The van der Waals surface area contributed by atoms with E-state index in [1.165, 1.54) is 6.08 Å². The first kappa shape index (κ1) is 17.7. The van der Waals surface area contributed by atoms with Crippen molar-refractivity contribution >= 4 is 33.5 Å². The summed E-state index contributed by atoms with van der Waals surface area (Å²) in [5, 5.41) is 2.97. The summed E-state index contributed by atoms with van der Waals surface area (Å²) in [5.41, 5.74) is -0.609. The number of hydrogen-bond donors (Lipinski definition) is 0. The van der Waals surface area contributed by atoms with Crippen molar-refractivity contribution in [3.63, 3.8) is 0 Å². The topological polar surface area (TPSA) is 26.3 Å². The van der Waals surface area contributed by atoms with Crippen LogP contribution in [0, 0.1) is 5.41 Å². The molecule has 2 nitrogen and oxygen atoms in total. The van der Waals surface area contributed by atoms with Crippen LogP contribution in [0.5, 0.6) is 0 Å². The average Bonchev–Trinajstić information content (AvgIpc) is 2.79. The zero-order valence-corrected chi connectivity index (χ0v) is 15.1. The molecule has 0 bridgehead atoms. The van der Waals surface area contributed by atoms with Gasteiger partial charge in [0.1, 0.15) is 11.4 Å². The SMILES string of the molecule is CC(C)(C)OC(=O)CC(C)(C)/C(F)=C\c1csc2ccccc12. The van der Waals surface area contributed by atoms with Crippen molar-refractivity contribution in [1.82, 2.24) is 0 Å². The van der Waals surface area contributed by atoms with Gasteiger partial charge in [-0.15, -0.1) is 11.3 Å². The molecule has 0 spiro atoms. The van der Waals surface area contributed by atoms with E-state index in [0.717, 1.165) is 15.6 Å². The van der Waals surface area contributed by atoms with Gasteiger partial charge in [0.2, 0.25) is 0 Å². The minimum Gasteiger partial charge on any atom is -0.460 e. The fourth-order valence-corrected chi connectivity index (χ4v) is 3.18. The monoisotopic (exact) mass is 334 g/mol. The van der Waals surface area contributed by atoms with Gasteiger partial charge in [0.25, 0.3) is 0 Å². The second-order valence-corrected chi connectivity index (χ2v) is 8.24. The molecule has 0 N–H and O–H groups in total. The molecule has 1 heterocycles. The molecule has 4 heteroatoms. The number of ether oxygens (including phenoxy) is 1. The number of halogens is 1. The summed E-state index contributed by atoms with van der Waals surface area (Å²) in [6.45, 7) is 8.86. The van der Waals surface area contributed by atoms with E-state index >= 15 is 0 Å². The van der Waals surface area contributed by atoms with Crippen molar-refractivity contribution in [1.29, 1.82) is 0 Å². The minimum atomic E-state index is -0.897. The number of carbonyl (C=O) groups excluding carboxylic acids is 1. The number of thiophene rings is 1. The number of hydrogen-bond acceptors (Lipinski definition) is 3. The second kappa shape index (κ2) is 6.44. The largest absolute Gasteiger partial charge is 0.460 e. The zero-order valence-electron chi connectivity index (χ0n) is 14.3. The maximum atomic E-state index is 14.7. The first-order valence-corrected chi connectivity index (χ1v) is 8.52. The minimum absolute atomic E-state index is 0.00860. The molecule has 0 aliphatic heterocycles. The molecule has 124 valence electrons. The Morgan fingerprint density at radius 1 is 1.22 bits per heavy atom. The molecule has 0 atom stereocenters. The molecule has 0 unspecified atom stereocenters. The Bertz CT molecular complexity index is 735. The van der Waals surface area contributed by atoms with Crippen molar-refractivity contribution < 1.29 is 13.9 Å². The van der Waals surface area contributed by atoms with E-state index < -0.39 is 11.0 Å². The standard InChI is InChI=1S/C19H23FO2S/c1-18(2,3)22-17(21)11-19(4,5)16(20)10-13-12-23-15-9-7-6-8-14(13)15/h6-10,12H,11H2,1-5H3/b16-10+. The molecule has 0 aliphatic carbocycles. The Morgan fingerprint density at radius 3 is 2.52 bits per heavy atom. The van der Waals surface area contributed by atoms with Crippen LogP contribution in [0.15, 0.2) is 35.5 Å². The summed E-state index contributed by atoms with van der Waals surface area (Å²) in [7, 11) is 0. The molecule has 0 saturated carbocycles. The third-order valence-electron chi connectivity index (χ3n) is 3.45. The molecule has 1 aromatic carbocycles. The van der Waals surface area contributed by atoms with Crippen molar-refractivity contribution in [2.45, 2.75) is 46.6 Å². The quantitative estimate of drug-likeness (QED) is 0.644. The fraction of sp³-hybridized carbons (Fsp3) is 0.421. The Balaban J connectivity index is 2.20. The molecule has 2 rings (SSSR count). The van der Waals surface area contributed by atoms with Crippen LogP contribution in [0.1, 0.15) is 46.6 Å². The molecule has 2 aromatic rings. The molecule has 23 heavy (non-hydrogen) atoms. The molecule has 0 aliphatic rings. The van der Waals surface area contributed by atoms with Gasteiger partial charge in [-0.05, 0) is 49.2 Å². The van der Waals surface area contributed by atoms with E-state index in [1.807, 2.05) is 50.4 Å². The third kappa shape index (κ3) is 4.64. The molecule has 0 saturated heterocycles. The van der Waals surface area contributed by atoms with Gasteiger partial charge in [0, 0.05) is 10.1 Å². The van der Waals surface area contributed by atoms with Crippen molar-refractivity contribution in [2.75, 3.05) is 0 Å². The van der Waals surface area contributed by atoms with Crippen LogP contribution in [0.4, 0.5) is 4.39 Å². The van der Waals surface area contributed by atoms with E-state index in [2.05, 4.69) is 0 Å². The number of fused-ring (bicyclic) bond motifs is 1. The Labute approximate surface area is 141 Å². The lowest BCUT2D eigenvalue weighted by atomic mass is 9.87. The Hall–Kier alpha value is -1.68. The van der Waals surface area contributed by atoms with Crippen LogP contribution in [-0.2, 0) is 9.53 Å². The van der Waals surface area contributed by atoms with Crippen molar-refractivity contribution in [2.24, 2.45) is 5.41 Å². The van der Waals surface area contributed by atoms with Crippen LogP contribution in [0.2, 0.25) is 0 Å². The van der Waals surface area contributed by atoms with Crippen LogP contribution in [0.3, 0.4) is 0 Å². The molecule has 0 fully saturated rings. The summed E-state index contributed by atoms with van der Waals surface area (Å²) in [5.74, 6) is -0.701. The highest BCUT2D eigenvalue weighted by Crippen LogP contribution is 2.36. The van der Waals surface area contributed by atoms with E-state index in [4.69, 9.17) is 4.74 Å². The van der Waals surface area contributed by atoms with Crippen LogP contribution >= 0.6 is 11.3 Å². The van der Waals surface area contributed by atoms with Gasteiger partial charge >= 0.3 is 5.97 Å². The van der Waals surface area contributed by atoms with Gasteiger partial charge in [-0.2, -0.15) is 0 Å². The Kier molecular flexibility index (Phi) is 4.95. The molecular formula is C19H23FO2S. The number of rotatable bonds is 4. The lowest BCUT2D eigenvalue weighted by Crippen LogP contribution is -2.27. The van der Waals surface area contributed by atoms with Gasteiger partial charge in [-0.1, -0.05) is 32.0 Å². The number of allylic oxidation sites excluding steroid dienone is 1. The highest BCUT2D eigenvalue weighted by atomic mass is 32.1. The third-order valence-corrected chi connectivity index (χ3v) is 4.43. The normalized spacial score (nSPS) is 13.4. The summed E-state index contributed by atoms with van der Waals surface area (Å²) in [4.78, 5) is 12.0. The van der Waals surface area contributed by atoms with E-state index in [1.54, 1.807) is 25.2 Å². The predicted molar refractivity (Wildman–Crippen MR) is 95.2 cm³/mol. The number of esters is 1. The second-order valence-electron chi connectivity index (χ2n) is 7.33. The van der Waals surface area contributed by atoms with E-state index in [9.17, 15) is 9.18 Å². The van der Waals surface area contributed by atoms with Gasteiger partial charge in [-0.25, -0.2) is 4.39 Å². The average molecular weight is 334 g/mol. The zero-order chi connectivity index (χ0) is 17.3. The van der Waals surface area contributed by atoms with Gasteiger partial charge in [-0.3, -0.25) is 4.79 Å². The lowest BCUT2D eigenvalue weighted by Gasteiger charge is -2.25. The van der Waals surface area contributed by atoms with Crippen molar-refractivity contribution in [3.8, 4) is 0 Å². The molecule has 0 amide bonds. The first-order chi connectivity index (χ1) is 10.6. The fourth-order valence-electron chi connectivity index (χ4n) is 2.26. The van der Waals surface area contributed by atoms with Crippen LogP contribution < -0.4 is 0 Å². The van der Waals surface area contributed by atoms with Gasteiger partial charge in [0.15, 0.2) is 0 Å². The summed E-state index contributed by atoms with van der Waals surface area (Å²) in [6, 6.07) is 7.90. The van der Waals surface area contributed by atoms with E-state index in [-0.39, 0.29) is 18.2 Å². The smallest absolute Gasteiger partial charge is 0.307 e. The number of benzene rings is 1. The lowest BCUT2D eigenvalue weighted by molar-refractivity contribution is -0.156. The van der Waals surface area contributed by atoms with Crippen LogP contribution in [0.25, 0.3) is 16.2 Å². The molecule has 1 aromatic heterocycles. The van der Waals surface area contributed by atoms with Crippen molar-refractivity contribution in [3.05, 3.63) is 41.0 Å². The van der Waals surface area contributed by atoms with Crippen LogP contribution in [-0.4, -0.2) is 11.6 Å². The molecule has 0 radical (unpaired) electrons. The summed E-state index contributed by atoms with van der Waals surface area (Å²) in [6.07, 6.45) is 1.54. The highest BCUT2D eigenvalue weighted by Gasteiger charge is 2.30.